The number of hydrogen-bond acceptors (Lipinski definition) is 4. The van der Waals surface area contributed by atoms with Gasteiger partial charge in [-0.05, 0) is 30.9 Å². The van der Waals surface area contributed by atoms with Gasteiger partial charge in [0.15, 0.2) is 11.5 Å². The molecular formula is C13H17ClN2O2. The van der Waals surface area contributed by atoms with Gasteiger partial charge < -0.3 is 15.6 Å². The molecule has 3 N–H and O–H groups in total. The molecule has 0 bridgehead atoms. The van der Waals surface area contributed by atoms with Gasteiger partial charge in [-0.3, -0.25) is 0 Å². The fourth-order valence-corrected chi connectivity index (χ4v) is 2.22. The van der Waals surface area contributed by atoms with Crippen molar-refractivity contribution in [2.75, 3.05) is 7.11 Å². The summed E-state index contributed by atoms with van der Waals surface area (Å²) in [6.45, 7) is 0. The molecule has 1 aromatic carbocycles. The molecule has 0 heterocycles. The van der Waals surface area contributed by atoms with Gasteiger partial charge in [0.2, 0.25) is 0 Å². The second kappa shape index (κ2) is 5.94. The van der Waals surface area contributed by atoms with E-state index >= 15 is 0 Å². The molecule has 1 fully saturated rings. The van der Waals surface area contributed by atoms with Crippen LogP contribution < -0.4 is 10.5 Å². The van der Waals surface area contributed by atoms with Gasteiger partial charge in [-0.1, -0.05) is 6.42 Å². The van der Waals surface area contributed by atoms with Crippen LogP contribution in [0.25, 0.3) is 0 Å². The lowest BCUT2D eigenvalue weighted by Gasteiger charge is -2.32. The maximum atomic E-state index is 10.1. The number of methoxy groups -OCH3 is 1. The van der Waals surface area contributed by atoms with Crippen molar-refractivity contribution in [3.05, 3.63) is 23.3 Å². The van der Waals surface area contributed by atoms with Crippen molar-refractivity contribution in [2.24, 2.45) is 11.7 Å². The van der Waals surface area contributed by atoms with Crippen LogP contribution >= 0.6 is 12.4 Å². The summed E-state index contributed by atoms with van der Waals surface area (Å²) in [4.78, 5) is 0. The van der Waals surface area contributed by atoms with Gasteiger partial charge in [0.05, 0.1) is 18.7 Å². The average molecular weight is 269 g/mol. The van der Waals surface area contributed by atoms with Crippen molar-refractivity contribution < 1.29 is 9.84 Å². The van der Waals surface area contributed by atoms with Gasteiger partial charge in [0.25, 0.3) is 0 Å². The van der Waals surface area contributed by atoms with Crippen molar-refractivity contribution in [3.8, 4) is 17.6 Å². The quantitative estimate of drug-likeness (QED) is 0.883. The van der Waals surface area contributed by atoms with E-state index in [2.05, 4.69) is 6.07 Å². The first-order valence-corrected chi connectivity index (χ1v) is 5.74. The molecule has 0 aliphatic heterocycles. The first-order chi connectivity index (χ1) is 8.19. The van der Waals surface area contributed by atoms with Crippen molar-refractivity contribution >= 4 is 12.4 Å². The fraction of sp³-hybridized carbons (Fsp3) is 0.462. The number of halogens is 1. The molecule has 2 rings (SSSR count). The number of phenolic OH excluding ortho intramolecular Hbond substituents is 1. The number of phenols is 1. The van der Waals surface area contributed by atoms with Crippen LogP contribution in [0, 0.1) is 17.2 Å². The Morgan fingerprint density at radius 2 is 2.17 bits per heavy atom. The maximum Gasteiger partial charge on any atom is 0.163 e. The first kappa shape index (κ1) is 14.6. The Bertz CT molecular complexity index is 467. The molecule has 0 aromatic heterocycles. The van der Waals surface area contributed by atoms with E-state index in [-0.39, 0.29) is 24.2 Å². The van der Waals surface area contributed by atoms with Crippen LogP contribution in [0.4, 0.5) is 0 Å². The Kier molecular flexibility index (Phi) is 4.83. The van der Waals surface area contributed by atoms with Crippen molar-refractivity contribution in [1.29, 1.82) is 5.26 Å². The van der Waals surface area contributed by atoms with Crippen LogP contribution in [0.5, 0.6) is 11.5 Å². The van der Waals surface area contributed by atoms with E-state index < -0.39 is 0 Å². The Balaban J connectivity index is 0.00000162. The molecule has 0 amide bonds. The molecule has 1 saturated carbocycles. The number of aromatic hydroxyl groups is 1. The summed E-state index contributed by atoms with van der Waals surface area (Å²) < 4.78 is 5.05. The summed E-state index contributed by atoms with van der Waals surface area (Å²) >= 11 is 0. The Labute approximate surface area is 113 Å². The predicted octanol–water partition coefficient (Wildman–Crippen LogP) is 2.49. The molecule has 0 radical (unpaired) electrons. The number of nitrogens with two attached hydrogens (primary N) is 1. The summed E-state index contributed by atoms with van der Waals surface area (Å²) in [5, 5.41) is 19.2. The van der Waals surface area contributed by atoms with Crippen LogP contribution in [0.1, 0.15) is 36.4 Å². The SMILES string of the molecule is COc1ccc(C#N)c([C@@H](N)C2CCC2)c1O.Cl. The summed E-state index contributed by atoms with van der Waals surface area (Å²) in [5.41, 5.74) is 7.09. The van der Waals surface area contributed by atoms with Crippen molar-refractivity contribution in [2.45, 2.75) is 25.3 Å². The van der Waals surface area contributed by atoms with Gasteiger partial charge in [-0.25, -0.2) is 0 Å². The van der Waals surface area contributed by atoms with E-state index in [1.807, 2.05) is 0 Å². The van der Waals surface area contributed by atoms with Gasteiger partial charge in [-0.15, -0.1) is 12.4 Å². The molecule has 0 unspecified atom stereocenters. The van der Waals surface area contributed by atoms with Crippen LogP contribution in [0.3, 0.4) is 0 Å². The predicted molar refractivity (Wildman–Crippen MR) is 70.9 cm³/mol. The Hall–Kier alpha value is -1.44. The van der Waals surface area contributed by atoms with Crippen molar-refractivity contribution in [1.82, 2.24) is 0 Å². The van der Waals surface area contributed by atoms with E-state index in [0.717, 1.165) is 12.8 Å². The van der Waals surface area contributed by atoms with Gasteiger partial charge in [0.1, 0.15) is 0 Å². The number of hydrogen-bond donors (Lipinski definition) is 2. The van der Waals surface area contributed by atoms with E-state index in [1.54, 1.807) is 12.1 Å². The molecule has 1 atom stereocenters. The highest BCUT2D eigenvalue weighted by Crippen LogP contribution is 2.43. The van der Waals surface area contributed by atoms with Crippen LogP contribution in [0.2, 0.25) is 0 Å². The minimum atomic E-state index is -0.284. The normalized spacial score (nSPS) is 16.1. The van der Waals surface area contributed by atoms with Crippen LogP contribution in [-0.2, 0) is 0 Å². The molecule has 98 valence electrons. The topological polar surface area (TPSA) is 79.3 Å². The lowest BCUT2D eigenvalue weighted by atomic mass is 9.76. The lowest BCUT2D eigenvalue weighted by molar-refractivity contribution is 0.258. The van der Waals surface area contributed by atoms with E-state index in [9.17, 15) is 5.11 Å². The highest BCUT2D eigenvalue weighted by Gasteiger charge is 2.30. The number of nitrogens with zero attached hydrogens (tertiary/aromatic N) is 1. The minimum Gasteiger partial charge on any atom is -0.504 e. The average Bonchev–Trinajstić information content (AvgIpc) is 2.25. The molecule has 0 saturated heterocycles. The summed E-state index contributed by atoms with van der Waals surface area (Å²) in [6.07, 6.45) is 3.29. The molecular weight excluding hydrogens is 252 g/mol. The first-order valence-electron chi connectivity index (χ1n) is 5.74. The summed E-state index contributed by atoms with van der Waals surface area (Å²) in [5.74, 6) is 0.736. The Morgan fingerprint density at radius 1 is 1.50 bits per heavy atom. The highest BCUT2D eigenvalue weighted by atomic mass is 35.5. The second-order valence-electron chi connectivity index (χ2n) is 4.41. The van der Waals surface area contributed by atoms with Gasteiger partial charge >= 0.3 is 0 Å². The molecule has 18 heavy (non-hydrogen) atoms. The fourth-order valence-electron chi connectivity index (χ4n) is 2.22. The molecule has 1 aliphatic rings. The minimum absolute atomic E-state index is 0. The van der Waals surface area contributed by atoms with Gasteiger partial charge in [0, 0.05) is 11.6 Å². The zero-order valence-electron chi connectivity index (χ0n) is 10.2. The standard InChI is InChI=1S/C13H16N2O2.ClH/c1-17-10-6-5-9(7-14)11(13(10)16)12(15)8-3-2-4-8;/h5-6,8,12,16H,2-4,15H2,1H3;1H/t12-;/m0./s1. The third kappa shape index (κ3) is 2.38. The third-order valence-corrected chi connectivity index (χ3v) is 3.51. The molecule has 4 nitrogen and oxygen atoms in total. The number of ether oxygens (including phenoxy) is 1. The maximum absolute atomic E-state index is 10.1. The summed E-state index contributed by atoms with van der Waals surface area (Å²) in [7, 11) is 1.49. The van der Waals surface area contributed by atoms with Crippen LogP contribution in [0.15, 0.2) is 12.1 Å². The number of benzene rings is 1. The number of rotatable bonds is 3. The largest absolute Gasteiger partial charge is 0.504 e. The zero-order valence-corrected chi connectivity index (χ0v) is 11.0. The van der Waals surface area contributed by atoms with E-state index in [0.29, 0.717) is 22.8 Å². The van der Waals surface area contributed by atoms with Crippen LogP contribution in [-0.4, -0.2) is 12.2 Å². The van der Waals surface area contributed by atoms with Gasteiger partial charge in [-0.2, -0.15) is 5.26 Å². The van der Waals surface area contributed by atoms with Crippen molar-refractivity contribution in [3.63, 3.8) is 0 Å². The Morgan fingerprint density at radius 3 is 2.61 bits per heavy atom. The smallest absolute Gasteiger partial charge is 0.163 e. The number of nitriles is 1. The lowest BCUT2D eigenvalue weighted by Crippen LogP contribution is -2.27. The highest BCUT2D eigenvalue weighted by molar-refractivity contribution is 5.85. The molecule has 1 aromatic rings. The second-order valence-corrected chi connectivity index (χ2v) is 4.41. The zero-order chi connectivity index (χ0) is 12.4. The van der Waals surface area contributed by atoms with E-state index in [4.69, 9.17) is 15.7 Å². The monoisotopic (exact) mass is 268 g/mol. The van der Waals surface area contributed by atoms with E-state index in [1.165, 1.54) is 13.5 Å². The molecule has 1 aliphatic carbocycles. The third-order valence-electron chi connectivity index (χ3n) is 3.51. The summed E-state index contributed by atoms with van der Waals surface area (Å²) in [6, 6.07) is 5.03. The molecule has 0 spiro atoms. The molecule has 5 heteroatoms.